The Morgan fingerprint density at radius 2 is 1.90 bits per heavy atom. The molecule has 0 aliphatic rings. The van der Waals surface area contributed by atoms with Crippen LogP contribution in [0.5, 0.6) is 5.75 Å². The summed E-state index contributed by atoms with van der Waals surface area (Å²) in [6.45, 7) is 0.00441. The fourth-order valence-corrected chi connectivity index (χ4v) is 3.01. The van der Waals surface area contributed by atoms with Gasteiger partial charge in [0.2, 0.25) is 0 Å². The second kappa shape index (κ2) is 8.06. The molecule has 6 heteroatoms. The third-order valence-electron chi connectivity index (χ3n) is 4.57. The molecule has 29 heavy (non-hydrogen) atoms. The van der Waals surface area contributed by atoms with Crippen LogP contribution in [0.2, 0.25) is 0 Å². The Hall–Kier alpha value is -3.80. The number of likely N-dealkylation sites (N-methyl/N-ethyl adjacent to an activating group) is 1. The van der Waals surface area contributed by atoms with Crippen LogP contribution < -0.4 is 10.1 Å². The van der Waals surface area contributed by atoms with Crippen molar-refractivity contribution in [3.63, 3.8) is 0 Å². The number of anilines is 2. The predicted octanol–water partition coefficient (Wildman–Crippen LogP) is 4.21. The SMILES string of the molecule is CN(C)C(=O)COc1cccc(Nc2cc(-c3ccccc3)cn3ccnc23)c1. The molecule has 0 aliphatic carbocycles. The molecule has 146 valence electrons. The molecule has 0 bridgehead atoms. The van der Waals surface area contributed by atoms with E-state index in [2.05, 4.69) is 34.7 Å². The van der Waals surface area contributed by atoms with Crippen LogP contribution in [0.25, 0.3) is 16.8 Å². The van der Waals surface area contributed by atoms with Crippen LogP contribution in [-0.4, -0.2) is 40.9 Å². The highest BCUT2D eigenvalue weighted by Crippen LogP contribution is 2.29. The second-order valence-electron chi connectivity index (χ2n) is 6.90. The third kappa shape index (κ3) is 4.21. The molecular weight excluding hydrogens is 364 g/mol. The zero-order valence-corrected chi connectivity index (χ0v) is 16.4. The first-order chi connectivity index (χ1) is 14.1. The first-order valence-corrected chi connectivity index (χ1v) is 9.32. The lowest BCUT2D eigenvalue weighted by Crippen LogP contribution is -2.27. The maximum absolute atomic E-state index is 11.8. The lowest BCUT2D eigenvalue weighted by molar-refractivity contribution is -0.130. The molecule has 0 radical (unpaired) electrons. The van der Waals surface area contributed by atoms with E-state index in [0.29, 0.717) is 5.75 Å². The largest absolute Gasteiger partial charge is 0.484 e. The topological polar surface area (TPSA) is 58.9 Å². The molecule has 2 aromatic carbocycles. The lowest BCUT2D eigenvalue weighted by atomic mass is 10.1. The molecule has 0 saturated carbocycles. The average molecular weight is 386 g/mol. The quantitative estimate of drug-likeness (QED) is 0.539. The van der Waals surface area contributed by atoms with E-state index >= 15 is 0 Å². The van der Waals surface area contributed by atoms with E-state index in [9.17, 15) is 4.79 Å². The molecule has 0 spiro atoms. The Balaban J connectivity index is 1.62. The summed E-state index contributed by atoms with van der Waals surface area (Å²) in [6.07, 6.45) is 5.77. The lowest BCUT2D eigenvalue weighted by Gasteiger charge is -2.14. The Kier molecular flexibility index (Phi) is 5.16. The number of pyridine rings is 1. The van der Waals surface area contributed by atoms with Crippen LogP contribution in [0.3, 0.4) is 0 Å². The molecule has 0 unspecified atom stereocenters. The summed E-state index contributed by atoms with van der Waals surface area (Å²) in [7, 11) is 3.42. The van der Waals surface area contributed by atoms with Crippen molar-refractivity contribution in [3.8, 4) is 16.9 Å². The summed E-state index contributed by atoms with van der Waals surface area (Å²) in [6, 6.07) is 19.8. The number of ether oxygens (including phenoxy) is 1. The Labute approximate surface area is 169 Å². The van der Waals surface area contributed by atoms with Gasteiger partial charge >= 0.3 is 0 Å². The van der Waals surface area contributed by atoms with E-state index in [1.807, 2.05) is 53.1 Å². The first-order valence-electron chi connectivity index (χ1n) is 9.32. The van der Waals surface area contributed by atoms with Gasteiger partial charge in [0.25, 0.3) is 5.91 Å². The van der Waals surface area contributed by atoms with Gasteiger partial charge in [0.15, 0.2) is 12.3 Å². The Morgan fingerprint density at radius 1 is 1.07 bits per heavy atom. The Morgan fingerprint density at radius 3 is 2.69 bits per heavy atom. The fourth-order valence-electron chi connectivity index (χ4n) is 3.01. The highest BCUT2D eigenvalue weighted by Gasteiger charge is 2.09. The number of benzene rings is 2. The summed E-state index contributed by atoms with van der Waals surface area (Å²) >= 11 is 0. The zero-order chi connectivity index (χ0) is 20.2. The van der Waals surface area contributed by atoms with Crippen LogP contribution in [0, 0.1) is 0 Å². The minimum absolute atomic E-state index is 0.00441. The van der Waals surface area contributed by atoms with Crippen molar-refractivity contribution in [1.82, 2.24) is 14.3 Å². The van der Waals surface area contributed by atoms with E-state index in [4.69, 9.17) is 4.74 Å². The van der Waals surface area contributed by atoms with Gasteiger partial charge in [-0.25, -0.2) is 4.98 Å². The smallest absolute Gasteiger partial charge is 0.259 e. The molecule has 4 rings (SSSR count). The molecule has 1 amide bonds. The van der Waals surface area contributed by atoms with Crippen LogP contribution in [0.15, 0.2) is 79.3 Å². The number of hydrogen-bond acceptors (Lipinski definition) is 4. The second-order valence-corrected chi connectivity index (χ2v) is 6.90. The number of hydrogen-bond donors (Lipinski definition) is 1. The monoisotopic (exact) mass is 386 g/mol. The highest BCUT2D eigenvalue weighted by atomic mass is 16.5. The van der Waals surface area contributed by atoms with Crippen molar-refractivity contribution in [2.45, 2.75) is 0 Å². The summed E-state index contributed by atoms with van der Waals surface area (Å²) in [5.41, 5.74) is 4.79. The molecule has 0 saturated heterocycles. The van der Waals surface area contributed by atoms with Gasteiger partial charge in [-0.1, -0.05) is 36.4 Å². The van der Waals surface area contributed by atoms with E-state index < -0.39 is 0 Å². The van der Waals surface area contributed by atoms with E-state index in [0.717, 1.165) is 28.1 Å². The maximum atomic E-state index is 11.8. The number of amides is 1. The number of fused-ring (bicyclic) bond motifs is 1. The number of carbonyl (C=O) groups is 1. The Bertz CT molecular complexity index is 1140. The molecule has 4 aromatic rings. The van der Waals surface area contributed by atoms with Gasteiger partial charge in [0.05, 0.1) is 5.69 Å². The van der Waals surface area contributed by atoms with E-state index in [-0.39, 0.29) is 12.5 Å². The molecule has 0 atom stereocenters. The van der Waals surface area contributed by atoms with Crippen LogP contribution in [-0.2, 0) is 4.79 Å². The maximum Gasteiger partial charge on any atom is 0.259 e. The van der Waals surface area contributed by atoms with Crippen LogP contribution >= 0.6 is 0 Å². The van der Waals surface area contributed by atoms with Crippen molar-refractivity contribution in [3.05, 3.63) is 79.3 Å². The van der Waals surface area contributed by atoms with Gasteiger partial charge in [-0.15, -0.1) is 0 Å². The summed E-state index contributed by atoms with van der Waals surface area (Å²) in [5.74, 6) is 0.543. The first kappa shape index (κ1) is 18.6. The van der Waals surface area contributed by atoms with E-state index in [1.165, 1.54) is 4.90 Å². The van der Waals surface area contributed by atoms with Gasteiger partial charge < -0.3 is 19.4 Å². The standard InChI is InChI=1S/C23H22N4O2/c1-26(2)22(28)16-29-20-10-6-9-19(14-20)25-21-13-18(17-7-4-3-5-8-17)15-27-12-11-24-23(21)27/h3-15,25H,16H2,1-2H3. The molecular formula is C23H22N4O2. The average Bonchev–Trinajstić information content (AvgIpc) is 3.22. The highest BCUT2D eigenvalue weighted by molar-refractivity contribution is 5.80. The normalized spacial score (nSPS) is 10.7. The van der Waals surface area contributed by atoms with Crippen molar-refractivity contribution in [1.29, 1.82) is 0 Å². The van der Waals surface area contributed by atoms with Crippen LogP contribution in [0.4, 0.5) is 11.4 Å². The fraction of sp³-hybridized carbons (Fsp3) is 0.130. The van der Waals surface area contributed by atoms with Crippen molar-refractivity contribution >= 4 is 22.9 Å². The number of nitrogens with zero attached hydrogens (tertiary/aromatic N) is 3. The number of rotatable bonds is 6. The number of carbonyl (C=O) groups excluding carboxylic acids is 1. The zero-order valence-electron chi connectivity index (χ0n) is 16.4. The van der Waals surface area contributed by atoms with Crippen molar-refractivity contribution in [2.75, 3.05) is 26.0 Å². The number of imidazole rings is 1. The molecule has 1 N–H and O–H groups in total. The van der Waals surface area contributed by atoms with Gasteiger partial charge in [0.1, 0.15) is 5.75 Å². The van der Waals surface area contributed by atoms with Gasteiger partial charge in [-0.05, 0) is 23.8 Å². The summed E-state index contributed by atoms with van der Waals surface area (Å²) < 4.78 is 7.62. The minimum atomic E-state index is -0.0852. The summed E-state index contributed by atoms with van der Waals surface area (Å²) in [4.78, 5) is 17.7. The van der Waals surface area contributed by atoms with Gasteiger partial charge in [0, 0.05) is 50.0 Å². The van der Waals surface area contributed by atoms with E-state index in [1.54, 1.807) is 20.3 Å². The molecule has 0 fully saturated rings. The molecule has 2 aromatic heterocycles. The van der Waals surface area contributed by atoms with Crippen molar-refractivity contribution < 1.29 is 9.53 Å². The minimum Gasteiger partial charge on any atom is -0.484 e. The molecule has 0 aliphatic heterocycles. The van der Waals surface area contributed by atoms with Gasteiger partial charge in [-0.3, -0.25) is 4.79 Å². The predicted molar refractivity (Wildman–Crippen MR) is 115 cm³/mol. The third-order valence-corrected chi connectivity index (χ3v) is 4.57. The summed E-state index contributed by atoms with van der Waals surface area (Å²) in [5, 5.41) is 3.44. The van der Waals surface area contributed by atoms with Crippen molar-refractivity contribution in [2.24, 2.45) is 0 Å². The molecule has 6 nitrogen and oxygen atoms in total. The van der Waals surface area contributed by atoms with Gasteiger partial charge in [-0.2, -0.15) is 0 Å². The number of nitrogens with one attached hydrogen (secondary N) is 1. The molecule has 2 heterocycles. The number of aromatic nitrogens is 2. The van der Waals surface area contributed by atoms with Crippen LogP contribution in [0.1, 0.15) is 0 Å².